The van der Waals surface area contributed by atoms with Crippen molar-refractivity contribution in [3.05, 3.63) is 24.0 Å². The van der Waals surface area contributed by atoms with Gasteiger partial charge >= 0.3 is 0 Å². The maximum absolute atomic E-state index is 12.2. The van der Waals surface area contributed by atoms with Gasteiger partial charge in [-0.2, -0.15) is 0 Å². The number of halogens is 1. The van der Waals surface area contributed by atoms with Gasteiger partial charge in [0.15, 0.2) is 0 Å². The molecule has 0 atom stereocenters. The molecule has 4 nitrogen and oxygen atoms in total. The maximum atomic E-state index is 12.2. The number of amides is 1. The molecular weight excluding hydrogens is 272 g/mol. The summed E-state index contributed by atoms with van der Waals surface area (Å²) in [6.45, 7) is 0.672. The average Bonchev–Trinajstić information content (AvgIpc) is 3.09. The van der Waals surface area contributed by atoms with Gasteiger partial charge in [0.25, 0.3) is 5.91 Å². The van der Waals surface area contributed by atoms with Gasteiger partial charge in [0.05, 0.1) is 11.8 Å². The molecule has 1 aliphatic carbocycles. The number of hydrogen-bond acceptors (Lipinski definition) is 3. The van der Waals surface area contributed by atoms with E-state index in [9.17, 15) is 9.90 Å². The Morgan fingerprint density at radius 2 is 2.38 bits per heavy atom. The number of hydrogen-bond donors (Lipinski definition) is 1. The fraction of sp³-hybridized carbons (Fsp3) is 0.455. The van der Waals surface area contributed by atoms with Crippen molar-refractivity contribution in [2.45, 2.75) is 18.9 Å². The first kappa shape index (κ1) is 11.4. The van der Waals surface area contributed by atoms with Crippen molar-refractivity contribution >= 4 is 21.8 Å². The Balaban J connectivity index is 2.19. The first-order chi connectivity index (χ1) is 7.74. The number of rotatable bonds is 4. The van der Waals surface area contributed by atoms with Crippen LogP contribution in [-0.4, -0.2) is 38.8 Å². The molecule has 0 aromatic carbocycles. The highest BCUT2D eigenvalue weighted by molar-refractivity contribution is 9.09. The van der Waals surface area contributed by atoms with Crippen LogP contribution >= 0.6 is 15.9 Å². The summed E-state index contributed by atoms with van der Waals surface area (Å²) in [4.78, 5) is 17.7. The fourth-order valence-corrected chi connectivity index (χ4v) is 2.03. The molecule has 1 N–H and O–H groups in total. The zero-order valence-electron chi connectivity index (χ0n) is 8.77. The number of aromatic nitrogens is 1. The Kier molecular flexibility index (Phi) is 3.43. The lowest BCUT2D eigenvalue weighted by Crippen LogP contribution is -2.34. The van der Waals surface area contributed by atoms with Gasteiger partial charge in [0.2, 0.25) is 0 Å². The summed E-state index contributed by atoms with van der Waals surface area (Å²) in [6, 6.07) is 1.90. The van der Waals surface area contributed by atoms with Crippen LogP contribution in [0.3, 0.4) is 0 Å². The number of aromatic hydroxyl groups is 1. The molecule has 1 aliphatic rings. The van der Waals surface area contributed by atoms with Crippen molar-refractivity contribution in [1.29, 1.82) is 0 Å². The molecule has 1 fully saturated rings. The van der Waals surface area contributed by atoms with Crippen molar-refractivity contribution in [2.75, 3.05) is 11.9 Å². The van der Waals surface area contributed by atoms with Crippen LogP contribution in [0.5, 0.6) is 5.75 Å². The predicted molar refractivity (Wildman–Crippen MR) is 63.8 cm³/mol. The lowest BCUT2D eigenvalue weighted by atomic mass is 10.2. The number of alkyl halides is 1. The second-order valence-electron chi connectivity index (χ2n) is 3.81. The summed E-state index contributed by atoms with van der Waals surface area (Å²) in [5.41, 5.74) is 0.336. The highest BCUT2D eigenvalue weighted by atomic mass is 79.9. The molecule has 0 radical (unpaired) electrons. The number of pyridine rings is 1. The van der Waals surface area contributed by atoms with Gasteiger partial charge in [-0.05, 0) is 18.9 Å². The molecule has 0 saturated heterocycles. The second kappa shape index (κ2) is 4.82. The normalized spacial score (nSPS) is 14.8. The fourth-order valence-electron chi connectivity index (χ4n) is 1.65. The van der Waals surface area contributed by atoms with Gasteiger partial charge < -0.3 is 10.0 Å². The molecule has 0 spiro atoms. The molecule has 1 aromatic heterocycles. The number of nitrogens with zero attached hydrogens (tertiary/aromatic N) is 2. The van der Waals surface area contributed by atoms with Crippen LogP contribution in [0.4, 0.5) is 0 Å². The van der Waals surface area contributed by atoms with E-state index in [2.05, 4.69) is 20.9 Å². The highest BCUT2D eigenvalue weighted by Crippen LogP contribution is 2.29. The summed E-state index contributed by atoms with van der Waals surface area (Å²) in [5, 5.41) is 10.3. The smallest absolute Gasteiger partial charge is 0.258 e. The Hall–Kier alpha value is -1.10. The van der Waals surface area contributed by atoms with E-state index in [4.69, 9.17) is 0 Å². The molecule has 0 bridgehead atoms. The van der Waals surface area contributed by atoms with E-state index in [-0.39, 0.29) is 11.7 Å². The van der Waals surface area contributed by atoms with Crippen LogP contribution in [0, 0.1) is 0 Å². The predicted octanol–water partition coefficient (Wildman–Crippen LogP) is 1.79. The minimum Gasteiger partial charge on any atom is -0.505 e. The Morgan fingerprint density at radius 3 is 2.94 bits per heavy atom. The van der Waals surface area contributed by atoms with E-state index in [1.54, 1.807) is 6.07 Å². The second-order valence-corrected chi connectivity index (χ2v) is 4.60. The van der Waals surface area contributed by atoms with E-state index in [1.165, 1.54) is 12.4 Å². The zero-order valence-corrected chi connectivity index (χ0v) is 10.4. The first-order valence-corrected chi connectivity index (χ1v) is 6.36. The highest BCUT2D eigenvalue weighted by Gasteiger charge is 2.33. The monoisotopic (exact) mass is 284 g/mol. The van der Waals surface area contributed by atoms with Crippen molar-refractivity contribution in [2.24, 2.45) is 0 Å². The molecule has 2 rings (SSSR count). The third-order valence-electron chi connectivity index (χ3n) is 2.60. The van der Waals surface area contributed by atoms with E-state index in [0.29, 0.717) is 18.2 Å². The lowest BCUT2D eigenvalue weighted by molar-refractivity contribution is 0.0751. The average molecular weight is 285 g/mol. The van der Waals surface area contributed by atoms with Crippen LogP contribution in [0.1, 0.15) is 23.2 Å². The third-order valence-corrected chi connectivity index (χ3v) is 2.96. The molecule has 16 heavy (non-hydrogen) atoms. The van der Waals surface area contributed by atoms with Crippen LogP contribution in [0.25, 0.3) is 0 Å². The van der Waals surface area contributed by atoms with Crippen molar-refractivity contribution in [3.63, 3.8) is 0 Å². The molecule has 1 amide bonds. The van der Waals surface area contributed by atoms with Crippen molar-refractivity contribution < 1.29 is 9.90 Å². The zero-order chi connectivity index (χ0) is 11.5. The summed E-state index contributed by atoms with van der Waals surface area (Å²) in [5.74, 6) is -0.158. The summed E-state index contributed by atoms with van der Waals surface area (Å²) >= 11 is 3.34. The quantitative estimate of drug-likeness (QED) is 0.858. The molecule has 86 valence electrons. The Morgan fingerprint density at radius 1 is 1.62 bits per heavy atom. The largest absolute Gasteiger partial charge is 0.505 e. The van der Waals surface area contributed by atoms with Gasteiger partial charge in [-0.3, -0.25) is 9.78 Å². The van der Waals surface area contributed by atoms with Crippen molar-refractivity contribution in [3.8, 4) is 5.75 Å². The van der Waals surface area contributed by atoms with E-state index < -0.39 is 0 Å². The van der Waals surface area contributed by atoms with Crippen LogP contribution in [0.2, 0.25) is 0 Å². The SMILES string of the molecule is O=C(c1ccncc1O)N(CCBr)C1CC1. The minimum atomic E-state index is -0.109. The molecule has 0 aliphatic heterocycles. The Labute approximate surface area is 102 Å². The third kappa shape index (κ3) is 2.35. The van der Waals surface area contributed by atoms with Crippen molar-refractivity contribution in [1.82, 2.24) is 9.88 Å². The van der Waals surface area contributed by atoms with E-state index >= 15 is 0 Å². The maximum Gasteiger partial charge on any atom is 0.258 e. The van der Waals surface area contributed by atoms with Crippen LogP contribution < -0.4 is 0 Å². The van der Waals surface area contributed by atoms with Gasteiger partial charge in [-0.25, -0.2) is 0 Å². The van der Waals surface area contributed by atoms with E-state index in [1.807, 2.05) is 4.90 Å². The molecule has 5 heteroatoms. The minimum absolute atomic E-state index is 0.0484. The topological polar surface area (TPSA) is 53.4 Å². The molecule has 0 unspecified atom stereocenters. The summed E-state index contributed by atoms with van der Waals surface area (Å²) in [6.07, 6.45) is 4.94. The number of carbonyl (C=O) groups is 1. The van der Waals surface area contributed by atoms with Gasteiger partial charge in [-0.15, -0.1) is 0 Å². The molecular formula is C11H13BrN2O2. The Bertz CT molecular complexity index is 393. The molecule has 1 saturated carbocycles. The molecule has 1 aromatic rings. The first-order valence-electron chi connectivity index (χ1n) is 5.24. The molecule has 1 heterocycles. The number of carbonyl (C=O) groups excluding carboxylic acids is 1. The van der Waals surface area contributed by atoms with Crippen LogP contribution in [-0.2, 0) is 0 Å². The summed E-state index contributed by atoms with van der Waals surface area (Å²) in [7, 11) is 0. The van der Waals surface area contributed by atoms with Gasteiger partial charge in [0.1, 0.15) is 5.75 Å². The standard InChI is InChI=1S/C11H13BrN2O2/c12-4-6-14(8-1-2-8)11(16)9-3-5-13-7-10(9)15/h3,5,7-8,15H,1-2,4,6H2. The van der Waals surface area contributed by atoms with Gasteiger partial charge in [0, 0.05) is 24.1 Å². The van der Waals surface area contributed by atoms with Gasteiger partial charge in [-0.1, -0.05) is 15.9 Å². The van der Waals surface area contributed by atoms with E-state index in [0.717, 1.165) is 18.2 Å². The van der Waals surface area contributed by atoms with Crippen LogP contribution in [0.15, 0.2) is 18.5 Å². The lowest BCUT2D eigenvalue weighted by Gasteiger charge is -2.21. The summed E-state index contributed by atoms with van der Waals surface area (Å²) < 4.78 is 0.